The highest BCUT2D eigenvalue weighted by molar-refractivity contribution is 8.01. The zero-order chi connectivity index (χ0) is 20.3. The van der Waals surface area contributed by atoms with Crippen molar-refractivity contribution in [2.24, 2.45) is 34.0 Å². The van der Waals surface area contributed by atoms with Crippen molar-refractivity contribution in [1.29, 1.82) is 0 Å². The minimum Gasteiger partial charge on any atom is -0.392 e. The van der Waals surface area contributed by atoms with Gasteiger partial charge in [-0.1, -0.05) is 13.8 Å². The third kappa shape index (κ3) is 1.76. The van der Waals surface area contributed by atoms with E-state index in [0.29, 0.717) is 24.8 Å². The Morgan fingerprint density at radius 2 is 1.86 bits per heavy atom. The van der Waals surface area contributed by atoms with Gasteiger partial charge in [0.2, 0.25) is 5.79 Å². The van der Waals surface area contributed by atoms with Crippen molar-refractivity contribution in [3.05, 3.63) is 11.0 Å². The fourth-order valence-electron chi connectivity index (χ4n) is 8.10. The molecule has 0 aromatic rings. The van der Waals surface area contributed by atoms with Gasteiger partial charge in [-0.05, 0) is 48.7 Å². The lowest BCUT2D eigenvalue weighted by Gasteiger charge is -2.74. The Morgan fingerprint density at radius 1 is 1.14 bits per heavy atom. The first kappa shape index (κ1) is 19.5. The number of thioether (sulfide) groups is 1. The van der Waals surface area contributed by atoms with Crippen LogP contribution in [-0.4, -0.2) is 63.2 Å². The average molecular weight is 411 g/mol. The Morgan fingerprint density at radius 3 is 2.54 bits per heavy atom. The number of rotatable bonds is 1. The summed E-state index contributed by atoms with van der Waals surface area (Å²) in [5.41, 5.74) is -2.25. The molecule has 6 fully saturated rings. The lowest BCUT2D eigenvalue weighted by atomic mass is 9.35. The van der Waals surface area contributed by atoms with Crippen LogP contribution in [0, 0.1) is 34.0 Å². The molecule has 4 bridgehead atoms. The summed E-state index contributed by atoms with van der Waals surface area (Å²) < 4.78 is 5.89. The number of carbonyl (C=O) groups excluding carboxylic acids is 1. The number of Topliss-reactive ketones (excluding diaryl/α,β-unsaturated/α-hetero) is 1. The first-order valence-corrected chi connectivity index (χ1v) is 11.6. The fraction of sp³-hybridized carbons (Fsp3) is 0.857. The van der Waals surface area contributed by atoms with Gasteiger partial charge in [0.05, 0.1) is 18.8 Å². The molecule has 28 heavy (non-hydrogen) atoms. The second kappa shape index (κ2) is 5.62. The second-order valence-electron chi connectivity index (χ2n) is 10.3. The molecule has 9 atom stereocenters. The molecule has 6 nitrogen and oxygen atoms in total. The fourth-order valence-corrected chi connectivity index (χ4v) is 8.64. The number of ketones is 1. The average Bonchev–Trinajstić information content (AvgIpc) is 2.76. The number of ether oxygens (including phenoxy) is 1. The van der Waals surface area contributed by atoms with Crippen molar-refractivity contribution in [3.8, 4) is 0 Å². The molecule has 2 saturated heterocycles. The number of fused-ring (bicyclic) bond motifs is 2. The highest BCUT2D eigenvalue weighted by atomic mass is 32.2. The van der Waals surface area contributed by atoms with Crippen molar-refractivity contribution < 1.29 is 30.0 Å². The van der Waals surface area contributed by atoms with Crippen molar-refractivity contribution in [2.45, 2.75) is 63.6 Å². The van der Waals surface area contributed by atoms with Crippen LogP contribution < -0.4 is 0 Å². The quantitative estimate of drug-likeness (QED) is 0.479. The van der Waals surface area contributed by atoms with Crippen molar-refractivity contribution in [2.75, 3.05) is 12.9 Å². The molecule has 4 N–H and O–H groups in total. The van der Waals surface area contributed by atoms with Crippen LogP contribution in [0.25, 0.3) is 0 Å². The summed E-state index contributed by atoms with van der Waals surface area (Å²) in [4.78, 5) is 13.7. The minimum absolute atomic E-state index is 0.106. The van der Waals surface area contributed by atoms with Crippen LogP contribution in [-0.2, 0) is 9.53 Å². The van der Waals surface area contributed by atoms with Gasteiger partial charge in [0.15, 0.2) is 5.78 Å². The Balaban J connectivity index is 1.79. The molecule has 4 aliphatic carbocycles. The molecular formula is C21H30O6S. The van der Waals surface area contributed by atoms with Gasteiger partial charge in [0.1, 0.15) is 11.5 Å². The Hall–Kier alpha value is -0.440. The van der Waals surface area contributed by atoms with Gasteiger partial charge in [-0.3, -0.25) is 4.79 Å². The maximum absolute atomic E-state index is 13.7. The summed E-state index contributed by atoms with van der Waals surface area (Å²) in [7, 11) is 0. The van der Waals surface area contributed by atoms with Gasteiger partial charge in [-0.2, -0.15) is 0 Å². The lowest BCUT2D eigenvalue weighted by Crippen LogP contribution is -2.85. The third-order valence-corrected chi connectivity index (χ3v) is 9.54. The summed E-state index contributed by atoms with van der Waals surface area (Å²) in [5.74, 6) is -3.63. The molecular weight excluding hydrogens is 380 g/mol. The summed E-state index contributed by atoms with van der Waals surface area (Å²) in [6.07, 6.45) is 1.22. The van der Waals surface area contributed by atoms with E-state index in [-0.39, 0.29) is 23.7 Å². The van der Waals surface area contributed by atoms with Gasteiger partial charge < -0.3 is 25.2 Å². The maximum Gasteiger partial charge on any atom is 0.208 e. The van der Waals surface area contributed by atoms with Crippen LogP contribution >= 0.6 is 11.8 Å². The molecule has 2 heterocycles. The van der Waals surface area contributed by atoms with Crippen LogP contribution in [0.1, 0.15) is 39.5 Å². The molecule has 4 saturated carbocycles. The first-order valence-electron chi connectivity index (χ1n) is 10.3. The predicted molar refractivity (Wildman–Crippen MR) is 103 cm³/mol. The highest BCUT2D eigenvalue weighted by Crippen LogP contribution is 2.76. The van der Waals surface area contributed by atoms with Gasteiger partial charge in [0, 0.05) is 22.8 Å². The maximum atomic E-state index is 13.7. The summed E-state index contributed by atoms with van der Waals surface area (Å²) in [6.45, 7) is 4.22. The molecule has 2 spiro atoms. The van der Waals surface area contributed by atoms with Crippen molar-refractivity contribution in [1.82, 2.24) is 0 Å². The zero-order valence-corrected chi connectivity index (χ0v) is 17.4. The van der Waals surface area contributed by atoms with Crippen molar-refractivity contribution >= 4 is 17.5 Å². The molecule has 2 aliphatic heterocycles. The molecule has 7 heteroatoms. The normalized spacial score (nSPS) is 58.0. The van der Waals surface area contributed by atoms with Gasteiger partial charge in [0.25, 0.3) is 0 Å². The molecule has 0 radical (unpaired) electrons. The van der Waals surface area contributed by atoms with Crippen LogP contribution in [0.15, 0.2) is 11.0 Å². The number of carbonyl (C=O) groups is 1. The Labute approximate surface area is 169 Å². The molecule has 156 valence electrons. The van der Waals surface area contributed by atoms with E-state index in [9.17, 15) is 25.2 Å². The first-order chi connectivity index (χ1) is 13.1. The van der Waals surface area contributed by atoms with E-state index in [4.69, 9.17) is 4.74 Å². The van der Waals surface area contributed by atoms with E-state index in [2.05, 4.69) is 13.8 Å². The van der Waals surface area contributed by atoms with Crippen LogP contribution in [0.2, 0.25) is 0 Å². The molecule has 0 aromatic heterocycles. The van der Waals surface area contributed by atoms with E-state index in [1.807, 2.05) is 6.26 Å². The molecule has 0 amide bonds. The molecule has 0 aromatic carbocycles. The highest BCUT2D eigenvalue weighted by Gasteiger charge is 2.86. The van der Waals surface area contributed by atoms with Crippen molar-refractivity contribution in [3.63, 3.8) is 0 Å². The SMILES string of the molecule is CS/C=C1/C(=O)[C@]23[C@H](O)[C@H]1CC[C@H]2[C@@]12CO[C@]3(O)[C@@H](O)[C@@H]1C(C)(C)CC[C@@H]2O. The predicted octanol–water partition coefficient (Wildman–Crippen LogP) is 1.07. The van der Waals surface area contributed by atoms with Gasteiger partial charge >= 0.3 is 0 Å². The van der Waals surface area contributed by atoms with E-state index in [0.717, 1.165) is 6.42 Å². The van der Waals surface area contributed by atoms with Crippen LogP contribution in [0.4, 0.5) is 0 Å². The van der Waals surface area contributed by atoms with E-state index >= 15 is 0 Å². The van der Waals surface area contributed by atoms with Gasteiger partial charge in [-0.15, -0.1) is 11.8 Å². The van der Waals surface area contributed by atoms with E-state index in [1.54, 1.807) is 5.41 Å². The van der Waals surface area contributed by atoms with E-state index in [1.165, 1.54) is 11.8 Å². The zero-order valence-electron chi connectivity index (χ0n) is 16.6. The monoisotopic (exact) mass is 410 g/mol. The lowest BCUT2D eigenvalue weighted by molar-refractivity contribution is -0.458. The number of hydrogen-bond acceptors (Lipinski definition) is 7. The molecule has 0 unspecified atom stereocenters. The van der Waals surface area contributed by atoms with Crippen LogP contribution in [0.3, 0.4) is 0 Å². The number of hydrogen-bond donors (Lipinski definition) is 4. The summed E-state index contributed by atoms with van der Waals surface area (Å²) in [6, 6.07) is 0. The number of aliphatic hydroxyl groups excluding tert-OH is 3. The summed E-state index contributed by atoms with van der Waals surface area (Å²) >= 11 is 1.40. The second-order valence-corrected chi connectivity index (χ2v) is 11.0. The third-order valence-electron chi connectivity index (χ3n) is 9.05. The van der Waals surface area contributed by atoms with Gasteiger partial charge in [-0.25, -0.2) is 0 Å². The summed E-state index contributed by atoms with van der Waals surface area (Å²) in [5, 5.41) is 47.6. The molecule has 6 aliphatic rings. The molecule has 6 rings (SSSR count). The van der Waals surface area contributed by atoms with Crippen LogP contribution in [0.5, 0.6) is 0 Å². The standard InChI is InChI=1S/C21H30O6S/c1-18(2)7-6-13(22)19-9-27-21(26,17(25)14(18)19)20-12(19)5-4-10(15(20)23)11(8-28-3)16(20)24/h8,10,12-15,17,22-23,25-26H,4-7,9H2,1-3H3/b11-8+/t10-,12-,13-,14+,15+,17-,19+,20+,21+/m0/s1. The largest absolute Gasteiger partial charge is 0.392 e. The van der Waals surface area contributed by atoms with E-state index < -0.39 is 46.8 Å². The number of aliphatic hydroxyl groups is 4. The topological polar surface area (TPSA) is 107 Å². The Bertz CT molecular complexity index is 766. The Kier molecular flexibility index (Phi) is 3.92. The minimum atomic E-state index is -2.14. The smallest absolute Gasteiger partial charge is 0.208 e.